The summed E-state index contributed by atoms with van der Waals surface area (Å²) in [5.41, 5.74) is -0.478. The van der Waals surface area contributed by atoms with E-state index in [-0.39, 0.29) is 15.9 Å². The fraction of sp³-hybridized carbons (Fsp3) is 0.167. The molecule has 1 aromatic heterocycles. The monoisotopic (exact) mass is 357 g/mol. The maximum absolute atomic E-state index is 14.0. The van der Waals surface area contributed by atoms with Crippen LogP contribution < -0.4 is 0 Å². The minimum Gasteiger partial charge on any atom is -0.464 e. The third-order valence-electron chi connectivity index (χ3n) is 2.79. The van der Waals surface area contributed by atoms with Crippen molar-refractivity contribution in [3.8, 4) is 5.69 Å². The highest BCUT2D eigenvalue weighted by atomic mass is 79.9. The molecule has 1 heterocycles. The number of nitro groups is 1. The molecule has 0 atom stereocenters. The topological polar surface area (TPSA) is 87.3 Å². The van der Waals surface area contributed by atoms with Crippen molar-refractivity contribution in [3.05, 3.63) is 50.0 Å². The number of hydrogen-bond donors (Lipinski definition) is 0. The van der Waals surface area contributed by atoms with Crippen LogP contribution >= 0.6 is 15.9 Å². The summed E-state index contributed by atoms with van der Waals surface area (Å²) in [4.78, 5) is 22.0. The van der Waals surface area contributed by atoms with Crippen LogP contribution in [0.1, 0.15) is 16.1 Å². The van der Waals surface area contributed by atoms with Gasteiger partial charge < -0.3 is 4.74 Å². The number of methoxy groups -OCH3 is 1. The number of aromatic nitrogens is 2. The van der Waals surface area contributed by atoms with Crippen molar-refractivity contribution in [1.29, 1.82) is 0 Å². The van der Waals surface area contributed by atoms with Gasteiger partial charge in [-0.2, -0.15) is 9.49 Å². The number of nitrogens with zero attached hydrogens (tertiary/aromatic N) is 3. The standard InChI is InChI=1S/C12H9BrFN3O4/c1-6-5-15-16(10(6)12(18)21-2)8-4-3-7(13)9(14)11(8)17(19)20/h3-5H,1-2H3. The summed E-state index contributed by atoms with van der Waals surface area (Å²) in [7, 11) is 1.18. The van der Waals surface area contributed by atoms with Gasteiger partial charge in [0.05, 0.1) is 22.7 Å². The van der Waals surface area contributed by atoms with Gasteiger partial charge in [-0.3, -0.25) is 10.1 Å². The second kappa shape index (κ2) is 5.60. The first-order chi connectivity index (χ1) is 9.88. The Bertz CT molecular complexity index is 744. The molecule has 2 aromatic rings. The Hall–Kier alpha value is -2.29. The molecule has 0 radical (unpaired) electrons. The highest BCUT2D eigenvalue weighted by molar-refractivity contribution is 9.10. The first kappa shape index (κ1) is 15.1. The molecule has 0 N–H and O–H groups in total. The van der Waals surface area contributed by atoms with Crippen LogP contribution in [-0.4, -0.2) is 27.8 Å². The van der Waals surface area contributed by atoms with Gasteiger partial charge in [-0.25, -0.2) is 9.48 Å². The normalized spacial score (nSPS) is 10.5. The lowest BCUT2D eigenvalue weighted by molar-refractivity contribution is -0.387. The van der Waals surface area contributed by atoms with E-state index < -0.39 is 22.4 Å². The molecule has 0 spiro atoms. The van der Waals surface area contributed by atoms with Crippen molar-refractivity contribution in [2.45, 2.75) is 6.92 Å². The van der Waals surface area contributed by atoms with Crippen LogP contribution in [-0.2, 0) is 4.74 Å². The Kier molecular flexibility index (Phi) is 4.03. The van der Waals surface area contributed by atoms with E-state index >= 15 is 0 Å². The number of halogens is 2. The Labute approximate surface area is 126 Å². The van der Waals surface area contributed by atoms with Crippen molar-refractivity contribution in [2.75, 3.05) is 7.11 Å². The molecule has 9 heteroatoms. The SMILES string of the molecule is COC(=O)c1c(C)cnn1-c1ccc(Br)c(F)c1[N+](=O)[O-]. The average molecular weight is 358 g/mol. The molecule has 0 unspecified atom stereocenters. The van der Waals surface area contributed by atoms with E-state index in [1.54, 1.807) is 6.92 Å². The number of hydrogen-bond acceptors (Lipinski definition) is 5. The predicted octanol–water partition coefficient (Wildman–Crippen LogP) is 2.78. The number of carbonyl (C=O) groups excluding carboxylic acids is 1. The summed E-state index contributed by atoms with van der Waals surface area (Å²) in [6.45, 7) is 1.59. The molecule has 7 nitrogen and oxygen atoms in total. The Morgan fingerprint density at radius 3 is 2.76 bits per heavy atom. The van der Waals surface area contributed by atoms with Gasteiger partial charge in [0.15, 0.2) is 5.69 Å². The quantitative estimate of drug-likeness (QED) is 0.478. The summed E-state index contributed by atoms with van der Waals surface area (Å²) < 4.78 is 19.5. The zero-order valence-corrected chi connectivity index (χ0v) is 12.5. The van der Waals surface area contributed by atoms with E-state index in [0.717, 1.165) is 4.68 Å². The predicted molar refractivity (Wildman–Crippen MR) is 74.0 cm³/mol. The number of rotatable bonds is 3. The molecule has 0 amide bonds. The zero-order valence-electron chi connectivity index (χ0n) is 11.0. The first-order valence-corrected chi connectivity index (χ1v) is 6.43. The van der Waals surface area contributed by atoms with Gasteiger partial charge in [-0.05, 0) is 35.0 Å². The number of esters is 1. The van der Waals surface area contributed by atoms with Gasteiger partial charge >= 0.3 is 11.7 Å². The summed E-state index contributed by atoms with van der Waals surface area (Å²) in [5, 5.41) is 15.0. The Morgan fingerprint density at radius 1 is 1.52 bits per heavy atom. The summed E-state index contributed by atoms with van der Waals surface area (Å²) >= 11 is 2.89. The van der Waals surface area contributed by atoms with Crippen LogP contribution in [0.2, 0.25) is 0 Å². The van der Waals surface area contributed by atoms with Crippen molar-refractivity contribution < 1.29 is 18.8 Å². The molecule has 0 fully saturated rings. The van der Waals surface area contributed by atoms with Crippen LogP contribution in [0.15, 0.2) is 22.8 Å². The smallest absolute Gasteiger partial charge is 0.357 e. The summed E-state index contributed by atoms with van der Waals surface area (Å²) in [5.74, 6) is -1.76. The van der Waals surface area contributed by atoms with Gasteiger partial charge in [-0.1, -0.05) is 0 Å². The molecule has 1 aromatic carbocycles. The van der Waals surface area contributed by atoms with Crippen LogP contribution in [0.4, 0.5) is 10.1 Å². The first-order valence-electron chi connectivity index (χ1n) is 5.64. The molecule has 0 bridgehead atoms. The van der Waals surface area contributed by atoms with Crippen molar-refractivity contribution in [2.24, 2.45) is 0 Å². The minimum atomic E-state index is -1.04. The third kappa shape index (κ3) is 2.51. The van der Waals surface area contributed by atoms with E-state index in [2.05, 4.69) is 25.8 Å². The van der Waals surface area contributed by atoms with Crippen LogP contribution in [0.5, 0.6) is 0 Å². The molecule has 0 saturated heterocycles. The number of benzene rings is 1. The molecule has 0 aliphatic heterocycles. The lowest BCUT2D eigenvalue weighted by Gasteiger charge is -2.08. The second-order valence-electron chi connectivity index (χ2n) is 4.07. The van der Waals surface area contributed by atoms with Crippen LogP contribution in [0.3, 0.4) is 0 Å². The highest BCUT2D eigenvalue weighted by Gasteiger charge is 2.28. The number of carbonyl (C=O) groups is 1. The lowest BCUT2D eigenvalue weighted by atomic mass is 10.2. The van der Waals surface area contributed by atoms with E-state index in [9.17, 15) is 19.3 Å². The van der Waals surface area contributed by atoms with Crippen molar-refractivity contribution in [3.63, 3.8) is 0 Å². The average Bonchev–Trinajstić information content (AvgIpc) is 2.82. The zero-order chi connectivity index (χ0) is 15.7. The largest absolute Gasteiger partial charge is 0.464 e. The second-order valence-corrected chi connectivity index (χ2v) is 4.92. The van der Waals surface area contributed by atoms with E-state index in [1.807, 2.05) is 0 Å². The molecular weight excluding hydrogens is 349 g/mol. The van der Waals surface area contributed by atoms with Crippen molar-refractivity contribution in [1.82, 2.24) is 9.78 Å². The van der Waals surface area contributed by atoms with Gasteiger partial charge in [-0.15, -0.1) is 0 Å². The highest BCUT2D eigenvalue weighted by Crippen LogP contribution is 2.32. The van der Waals surface area contributed by atoms with E-state index in [1.165, 1.54) is 25.4 Å². The summed E-state index contributed by atoms with van der Waals surface area (Å²) in [6, 6.07) is 2.60. The molecule has 0 saturated carbocycles. The maximum atomic E-state index is 14.0. The minimum absolute atomic E-state index is 0.00215. The maximum Gasteiger partial charge on any atom is 0.357 e. The van der Waals surface area contributed by atoms with Gasteiger partial charge in [0.1, 0.15) is 5.69 Å². The van der Waals surface area contributed by atoms with Crippen LogP contribution in [0, 0.1) is 22.9 Å². The Balaban J connectivity index is 2.77. The third-order valence-corrected chi connectivity index (χ3v) is 3.40. The van der Waals surface area contributed by atoms with Gasteiger partial charge in [0, 0.05) is 5.56 Å². The molecule has 0 aliphatic rings. The fourth-order valence-electron chi connectivity index (χ4n) is 1.83. The molecular formula is C12H9BrFN3O4. The van der Waals surface area contributed by atoms with E-state index in [0.29, 0.717) is 5.56 Å². The van der Waals surface area contributed by atoms with Crippen molar-refractivity contribution >= 4 is 27.6 Å². The molecule has 110 valence electrons. The van der Waals surface area contributed by atoms with Gasteiger partial charge in [0.2, 0.25) is 5.82 Å². The molecule has 0 aliphatic carbocycles. The number of aryl methyl sites for hydroxylation is 1. The van der Waals surface area contributed by atoms with Gasteiger partial charge in [0.25, 0.3) is 0 Å². The fourth-order valence-corrected chi connectivity index (χ4v) is 2.15. The summed E-state index contributed by atoms with van der Waals surface area (Å²) in [6.07, 6.45) is 1.34. The van der Waals surface area contributed by atoms with Crippen LogP contribution in [0.25, 0.3) is 5.69 Å². The van der Waals surface area contributed by atoms with E-state index in [4.69, 9.17) is 0 Å². The lowest BCUT2D eigenvalue weighted by Crippen LogP contribution is -2.13. The Morgan fingerprint density at radius 2 is 2.19 bits per heavy atom. The number of nitro benzene ring substituents is 1. The number of ether oxygens (including phenoxy) is 1. The molecule has 21 heavy (non-hydrogen) atoms. The molecule has 2 rings (SSSR count).